The van der Waals surface area contributed by atoms with E-state index >= 15 is 0 Å². The van der Waals surface area contributed by atoms with Crippen molar-refractivity contribution in [2.75, 3.05) is 0 Å². The van der Waals surface area contributed by atoms with Gasteiger partial charge in [-0.2, -0.15) is 0 Å². The lowest BCUT2D eigenvalue weighted by Gasteiger charge is -2.12. The van der Waals surface area contributed by atoms with Crippen LogP contribution in [0, 0.1) is 5.82 Å². The minimum atomic E-state index is -1.47. The Bertz CT molecular complexity index is 387. The monoisotopic (exact) mass is 209 g/mol. The van der Waals surface area contributed by atoms with Gasteiger partial charge in [0.15, 0.2) is 0 Å². The summed E-state index contributed by atoms with van der Waals surface area (Å²) in [6.07, 6.45) is 0.723. The quantitative estimate of drug-likeness (QED) is 0.533. The van der Waals surface area contributed by atoms with Gasteiger partial charge < -0.3 is 14.7 Å². The zero-order chi connectivity index (χ0) is 11.4. The van der Waals surface area contributed by atoms with Gasteiger partial charge in [0.2, 0.25) is 0 Å². The highest BCUT2D eigenvalue weighted by Gasteiger charge is 2.13. The van der Waals surface area contributed by atoms with E-state index in [1.807, 2.05) is 0 Å². The minimum Gasteiger partial charge on any atom is -0.549 e. The van der Waals surface area contributed by atoms with Gasteiger partial charge >= 0.3 is 0 Å². The maximum atomic E-state index is 13.1. The summed E-state index contributed by atoms with van der Waals surface area (Å²) in [5, 5.41) is 10.6. The van der Waals surface area contributed by atoms with Gasteiger partial charge in [-0.1, -0.05) is 19.1 Å². The van der Waals surface area contributed by atoms with Crippen LogP contribution in [0.4, 0.5) is 4.39 Å². The van der Waals surface area contributed by atoms with E-state index in [4.69, 9.17) is 0 Å². The van der Waals surface area contributed by atoms with Gasteiger partial charge in [0, 0.05) is 0 Å². The van der Waals surface area contributed by atoms with E-state index in [-0.39, 0.29) is 11.8 Å². The van der Waals surface area contributed by atoms with Crippen molar-refractivity contribution in [1.29, 1.82) is 0 Å². The van der Waals surface area contributed by atoms with Gasteiger partial charge in [0.1, 0.15) is 12.1 Å². The van der Waals surface area contributed by atoms with Crippen molar-refractivity contribution in [3.8, 4) is 0 Å². The molecule has 0 aliphatic carbocycles. The highest BCUT2D eigenvalue weighted by atomic mass is 19.1. The summed E-state index contributed by atoms with van der Waals surface area (Å²) < 4.78 is 13.1. The van der Waals surface area contributed by atoms with Crippen LogP contribution >= 0.6 is 0 Å². The average molecular weight is 209 g/mol. The number of benzene rings is 1. The van der Waals surface area contributed by atoms with Crippen molar-refractivity contribution in [2.45, 2.75) is 19.3 Å². The smallest absolute Gasteiger partial charge is 0.133 e. The summed E-state index contributed by atoms with van der Waals surface area (Å²) in [6.45, 7) is 1.75. The molecule has 0 heterocycles. The highest BCUT2D eigenvalue weighted by Crippen LogP contribution is 2.17. The van der Waals surface area contributed by atoms with Gasteiger partial charge in [0.25, 0.3) is 0 Å². The van der Waals surface area contributed by atoms with Gasteiger partial charge in [-0.05, 0) is 23.6 Å². The molecule has 3 nitrogen and oxygen atoms in total. The molecule has 0 N–H and O–H groups in total. The Kier molecular flexibility index (Phi) is 3.55. The Morgan fingerprint density at radius 2 is 2.27 bits per heavy atom. The number of aryl methyl sites for hydroxylation is 1. The normalized spacial score (nSPS) is 12.1. The number of aldehydes is 1. The summed E-state index contributed by atoms with van der Waals surface area (Å²) in [4.78, 5) is 21.1. The fourth-order valence-electron chi connectivity index (χ4n) is 1.33. The van der Waals surface area contributed by atoms with Crippen LogP contribution in [0.15, 0.2) is 18.2 Å². The lowest BCUT2D eigenvalue weighted by Crippen LogP contribution is -2.30. The van der Waals surface area contributed by atoms with Crippen molar-refractivity contribution in [2.24, 2.45) is 0 Å². The molecule has 0 aliphatic heterocycles. The van der Waals surface area contributed by atoms with E-state index in [9.17, 15) is 19.1 Å². The number of carboxylic acids is 1. The summed E-state index contributed by atoms with van der Waals surface area (Å²) in [6, 6.07) is 3.82. The number of carbonyl (C=O) groups is 2. The number of halogens is 1. The van der Waals surface area contributed by atoms with Crippen LogP contribution in [0.25, 0.3) is 0 Å². The number of carboxylic acid groups (broad SMARTS) is 1. The molecular formula is C11H10FO3-. The third-order valence-electron chi connectivity index (χ3n) is 2.20. The van der Waals surface area contributed by atoms with Crippen molar-refractivity contribution in [3.63, 3.8) is 0 Å². The van der Waals surface area contributed by atoms with E-state index < -0.39 is 17.7 Å². The molecule has 0 bridgehead atoms. The third kappa shape index (κ3) is 2.40. The lowest BCUT2D eigenvalue weighted by atomic mass is 9.98. The molecular weight excluding hydrogens is 199 g/mol. The first-order valence-electron chi connectivity index (χ1n) is 4.54. The van der Waals surface area contributed by atoms with E-state index in [1.54, 1.807) is 6.92 Å². The Labute approximate surface area is 86.5 Å². The molecule has 0 spiro atoms. The fourth-order valence-corrected chi connectivity index (χ4v) is 1.33. The largest absolute Gasteiger partial charge is 0.549 e. The van der Waals surface area contributed by atoms with Gasteiger partial charge in [-0.3, -0.25) is 0 Å². The molecule has 0 aliphatic rings. The molecule has 0 saturated carbocycles. The van der Waals surface area contributed by atoms with Crippen LogP contribution in [-0.4, -0.2) is 12.3 Å². The van der Waals surface area contributed by atoms with Crippen LogP contribution in [0.5, 0.6) is 0 Å². The number of hydrogen-bond acceptors (Lipinski definition) is 3. The second-order valence-corrected chi connectivity index (χ2v) is 3.14. The average Bonchev–Trinajstić information content (AvgIpc) is 2.21. The summed E-state index contributed by atoms with van der Waals surface area (Å²) in [5.74, 6) is -3.20. The molecule has 1 rings (SSSR count). The van der Waals surface area contributed by atoms with Crippen molar-refractivity contribution < 1.29 is 19.1 Å². The zero-order valence-electron chi connectivity index (χ0n) is 8.20. The maximum absolute atomic E-state index is 13.1. The van der Waals surface area contributed by atoms with E-state index in [1.165, 1.54) is 12.1 Å². The van der Waals surface area contributed by atoms with Crippen molar-refractivity contribution >= 4 is 12.3 Å². The van der Waals surface area contributed by atoms with Gasteiger partial charge in [0.05, 0.1) is 11.9 Å². The van der Waals surface area contributed by atoms with Gasteiger partial charge in [-0.15, -0.1) is 0 Å². The number of hydrogen-bond donors (Lipinski definition) is 0. The molecule has 1 unspecified atom stereocenters. The minimum absolute atomic E-state index is 0.253. The molecule has 1 atom stereocenters. The Balaban J connectivity index is 3.14. The Hall–Kier alpha value is -1.71. The Morgan fingerprint density at radius 1 is 1.60 bits per heavy atom. The first-order chi connectivity index (χ1) is 7.10. The van der Waals surface area contributed by atoms with Crippen LogP contribution in [0.2, 0.25) is 0 Å². The van der Waals surface area contributed by atoms with Crippen molar-refractivity contribution in [3.05, 3.63) is 35.1 Å². The summed E-state index contributed by atoms with van der Waals surface area (Å²) in [7, 11) is 0. The summed E-state index contributed by atoms with van der Waals surface area (Å²) in [5.41, 5.74) is 0.642. The molecule has 4 heteroatoms. The third-order valence-corrected chi connectivity index (χ3v) is 2.20. The van der Waals surface area contributed by atoms with Crippen LogP contribution in [-0.2, 0) is 16.0 Å². The summed E-state index contributed by atoms with van der Waals surface area (Å²) >= 11 is 0. The molecule has 80 valence electrons. The SMILES string of the molecule is CCc1cc(C(C=O)C(=O)[O-])ccc1F. The molecule has 0 radical (unpaired) electrons. The van der Waals surface area contributed by atoms with Crippen LogP contribution < -0.4 is 5.11 Å². The fraction of sp³-hybridized carbons (Fsp3) is 0.273. The first kappa shape index (κ1) is 11.4. The number of rotatable bonds is 4. The van der Waals surface area contributed by atoms with Crippen LogP contribution in [0.1, 0.15) is 24.0 Å². The molecule has 1 aromatic rings. The molecule has 0 saturated heterocycles. The molecule has 0 amide bonds. The maximum Gasteiger partial charge on any atom is 0.133 e. The predicted octanol–water partition coefficient (Wildman–Crippen LogP) is 0.420. The second kappa shape index (κ2) is 4.68. The van der Waals surface area contributed by atoms with Gasteiger partial charge in [-0.25, -0.2) is 4.39 Å². The van der Waals surface area contributed by atoms with E-state index in [2.05, 4.69) is 0 Å². The first-order valence-corrected chi connectivity index (χ1v) is 4.54. The van der Waals surface area contributed by atoms with Crippen molar-refractivity contribution in [1.82, 2.24) is 0 Å². The molecule has 1 aromatic carbocycles. The number of carbonyl (C=O) groups excluding carboxylic acids is 2. The second-order valence-electron chi connectivity index (χ2n) is 3.14. The predicted molar refractivity (Wildman–Crippen MR) is 49.6 cm³/mol. The van der Waals surface area contributed by atoms with E-state index in [0.717, 1.165) is 6.07 Å². The molecule has 15 heavy (non-hydrogen) atoms. The highest BCUT2D eigenvalue weighted by molar-refractivity contribution is 5.91. The topological polar surface area (TPSA) is 57.2 Å². The standard InChI is InChI=1S/C11H11FO3/c1-2-7-5-8(3-4-10(7)12)9(6-13)11(14)15/h3-6,9H,2H2,1H3,(H,14,15)/p-1. The Morgan fingerprint density at radius 3 is 2.73 bits per heavy atom. The lowest BCUT2D eigenvalue weighted by molar-refractivity contribution is -0.306. The number of aliphatic carboxylic acids is 1. The molecule has 0 aromatic heterocycles. The molecule has 0 fully saturated rings. The van der Waals surface area contributed by atoms with Crippen LogP contribution in [0.3, 0.4) is 0 Å². The van der Waals surface area contributed by atoms with E-state index in [0.29, 0.717) is 12.0 Å². The zero-order valence-corrected chi connectivity index (χ0v) is 8.20.